The first-order valence-electron chi connectivity index (χ1n) is 7.49. The van der Waals surface area contributed by atoms with Crippen LogP contribution < -0.4 is 0 Å². The zero-order valence-electron chi connectivity index (χ0n) is 11.5. The molecular formula is C19H18O. The molecule has 0 N–H and O–H groups in total. The Balaban J connectivity index is 1.54. The van der Waals surface area contributed by atoms with Gasteiger partial charge in [0.15, 0.2) is 0 Å². The van der Waals surface area contributed by atoms with E-state index in [2.05, 4.69) is 36.4 Å². The van der Waals surface area contributed by atoms with Crippen LogP contribution in [0.15, 0.2) is 54.6 Å². The first kappa shape index (κ1) is 11.9. The van der Waals surface area contributed by atoms with Gasteiger partial charge in [-0.05, 0) is 41.4 Å². The molecule has 0 radical (unpaired) electrons. The molecule has 20 heavy (non-hydrogen) atoms. The van der Waals surface area contributed by atoms with Crippen molar-refractivity contribution >= 4 is 5.78 Å². The average molecular weight is 262 g/mol. The summed E-state index contributed by atoms with van der Waals surface area (Å²) in [4.78, 5) is 12.6. The molecule has 0 heterocycles. The van der Waals surface area contributed by atoms with Crippen molar-refractivity contribution in [3.05, 3.63) is 71.3 Å². The Hall–Kier alpha value is -1.89. The van der Waals surface area contributed by atoms with Gasteiger partial charge >= 0.3 is 0 Å². The van der Waals surface area contributed by atoms with E-state index in [-0.39, 0.29) is 5.92 Å². The molecule has 3 atom stereocenters. The Kier molecular flexibility index (Phi) is 2.73. The van der Waals surface area contributed by atoms with Gasteiger partial charge in [-0.2, -0.15) is 0 Å². The van der Waals surface area contributed by atoms with Crippen LogP contribution in [-0.4, -0.2) is 5.78 Å². The van der Waals surface area contributed by atoms with Crippen molar-refractivity contribution < 1.29 is 4.79 Å². The van der Waals surface area contributed by atoms with E-state index in [1.165, 1.54) is 17.5 Å². The van der Waals surface area contributed by atoms with Crippen molar-refractivity contribution in [1.29, 1.82) is 0 Å². The minimum atomic E-state index is 0.277. The molecule has 0 aliphatic heterocycles. The third-order valence-corrected chi connectivity index (χ3v) is 4.92. The molecule has 4 rings (SSSR count). The maximum atomic E-state index is 12.6. The predicted molar refractivity (Wildman–Crippen MR) is 79.6 cm³/mol. The lowest BCUT2D eigenvalue weighted by Gasteiger charge is -2.13. The predicted octanol–water partition coefficient (Wildman–Crippen LogP) is 3.77. The molecule has 2 aliphatic rings. The normalized spacial score (nSPS) is 26.5. The zero-order chi connectivity index (χ0) is 13.5. The number of ketones is 1. The van der Waals surface area contributed by atoms with E-state index in [1.54, 1.807) is 0 Å². The second-order valence-electron chi connectivity index (χ2n) is 6.08. The molecule has 1 saturated carbocycles. The van der Waals surface area contributed by atoms with Crippen molar-refractivity contribution in [3.63, 3.8) is 0 Å². The first-order valence-corrected chi connectivity index (χ1v) is 7.49. The minimum Gasteiger partial charge on any atom is -0.299 e. The zero-order valence-corrected chi connectivity index (χ0v) is 11.5. The van der Waals surface area contributed by atoms with Gasteiger partial charge < -0.3 is 0 Å². The largest absolute Gasteiger partial charge is 0.299 e. The van der Waals surface area contributed by atoms with Crippen LogP contribution in [0.5, 0.6) is 0 Å². The summed E-state index contributed by atoms with van der Waals surface area (Å²) < 4.78 is 0. The highest BCUT2D eigenvalue weighted by atomic mass is 16.1. The van der Waals surface area contributed by atoms with Crippen molar-refractivity contribution in [2.24, 2.45) is 11.8 Å². The number of carbonyl (C=O) groups excluding carboxylic acids is 1. The van der Waals surface area contributed by atoms with Crippen molar-refractivity contribution in [2.75, 3.05) is 0 Å². The summed E-state index contributed by atoms with van der Waals surface area (Å²) in [6, 6.07) is 18.8. The van der Waals surface area contributed by atoms with Gasteiger partial charge in [0.2, 0.25) is 0 Å². The lowest BCUT2D eigenvalue weighted by Crippen LogP contribution is -2.07. The molecule has 1 nitrogen and oxygen atoms in total. The highest BCUT2D eigenvalue weighted by molar-refractivity contribution is 5.88. The van der Waals surface area contributed by atoms with Crippen LogP contribution >= 0.6 is 0 Å². The van der Waals surface area contributed by atoms with Gasteiger partial charge in [-0.25, -0.2) is 0 Å². The van der Waals surface area contributed by atoms with Gasteiger partial charge in [-0.15, -0.1) is 0 Å². The first-order chi connectivity index (χ1) is 9.84. The van der Waals surface area contributed by atoms with Gasteiger partial charge in [-0.1, -0.05) is 54.6 Å². The van der Waals surface area contributed by atoms with E-state index >= 15 is 0 Å². The van der Waals surface area contributed by atoms with Crippen LogP contribution in [0, 0.1) is 11.8 Å². The summed E-state index contributed by atoms with van der Waals surface area (Å²) in [6.07, 6.45) is 2.93. The number of fused-ring (bicyclic) bond motifs is 3. The third kappa shape index (κ3) is 1.89. The molecule has 0 bridgehead atoms. The summed E-state index contributed by atoms with van der Waals surface area (Å²) in [5.41, 5.74) is 4.05. The van der Waals surface area contributed by atoms with Crippen molar-refractivity contribution in [2.45, 2.75) is 25.2 Å². The molecule has 3 unspecified atom stereocenters. The van der Waals surface area contributed by atoms with Gasteiger partial charge in [0, 0.05) is 12.3 Å². The maximum Gasteiger partial charge on any atom is 0.141 e. The Morgan fingerprint density at radius 2 is 1.75 bits per heavy atom. The van der Waals surface area contributed by atoms with Gasteiger partial charge in [0.1, 0.15) is 5.78 Å². The van der Waals surface area contributed by atoms with E-state index in [1.807, 2.05) is 18.2 Å². The van der Waals surface area contributed by atoms with Crippen LogP contribution in [0.2, 0.25) is 0 Å². The molecular weight excluding hydrogens is 244 g/mol. The molecule has 100 valence electrons. The highest BCUT2D eigenvalue weighted by Gasteiger charge is 2.56. The van der Waals surface area contributed by atoms with Gasteiger partial charge in [0.25, 0.3) is 0 Å². The number of benzene rings is 2. The van der Waals surface area contributed by atoms with Crippen LogP contribution in [0.3, 0.4) is 0 Å². The Labute approximate surface area is 119 Å². The van der Waals surface area contributed by atoms with E-state index in [0.717, 1.165) is 12.0 Å². The third-order valence-electron chi connectivity index (χ3n) is 4.92. The second-order valence-corrected chi connectivity index (χ2v) is 6.08. The summed E-state index contributed by atoms with van der Waals surface area (Å²) in [7, 11) is 0. The summed E-state index contributed by atoms with van der Waals surface area (Å²) in [5, 5.41) is 0. The fourth-order valence-electron chi connectivity index (χ4n) is 3.92. The molecule has 2 aromatic carbocycles. The van der Waals surface area contributed by atoms with Crippen molar-refractivity contribution in [1.82, 2.24) is 0 Å². The van der Waals surface area contributed by atoms with Crippen LogP contribution in [0.4, 0.5) is 0 Å². The number of hydrogen-bond acceptors (Lipinski definition) is 1. The monoisotopic (exact) mass is 262 g/mol. The van der Waals surface area contributed by atoms with Crippen LogP contribution in [0.25, 0.3) is 0 Å². The van der Waals surface area contributed by atoms with E-state index in [9.17, 15) is 4.79 Å². The van der Waals surface area contributed by atoms with Gasteiger partial charge in [-0.3, -0.25) is 4.79 Å². The number of Topliss-reactive ketones (excluding diaryl/α,β-unsaturated/α-hetero) is 1. The topological polar surface area (TPSA) is 17.1 Å². The van der Waals surface area contributed by atoms with Gasteiger partial charge in [0.05, 0.1) is 0 Å². The minimum absolute atomic E-state index is 0.277. The lowest BCUT2D eigenvalue weighted by molar-refractivity contribution is -0.120. The Morgan fingerprint density at radius 3 is 2.60 bits per heavy atom. The summed E-state index contributed by atoms with van der Waals surface area (Å²) >= 11 is 0. The summed E-state index contributed by atoms with van der Waals surface area (Å²) in [6.45, 7) is 0. The molecule has 1 heteroatoms. The van der Waals surface area contributed by atoms with E-state index in [0.29, 0.717) is 24.0 Å². The Morgan fingerprint density at radius 1 is 1.00 bits per heavy atom. The second kappa shape index (κ2) is 4.59. The Bertz CT molecular complexity index is 644. The molecule has 1 fully saturated rings. The van der Waals surface area contributed by atoms with E-state index < -0.39 is 0 Å². The molecule has 2 aromatic rings. The van der Waals surface area contributed by atoms with Crippen LogP contribution in [0.1, 0.15) is 29.0 Å². The number of rotatable bonds is 3. The number of hydrogen-bond donors (Lipinski definition) is 0. The summed E-state index contributed by atoms with van der Waals surface area (Å²) in [5.74, 6) is 1.83. The highest BCUT2D eigenvalue weighted by Crippen LogP contribution is 2.60. The fourth-order valence-corrected chi connectivity index (χ4v) is 3.92. The number of aryl methyl sites for hydroxylation is 1. The van der Waals surface area contributed by atoms with Crippen LogP contribution in [-0.2, 0) is 17.6 Å². The molecule has 0 amide bonds. The molecule has 0 aromatic heterocycles. The number of carbonyl (C=O) groups is 1. The average Bonchev–Trinajstić information content (AvgIpc) is 3.23. The SMILES string of the molecule is O=C(Cc1ccccc1)C1C2CCc3ccccc3C21. The maximum absolute atomic E-state index is 12.6. The molecule has 0 saturated heterocycles. The van der Waals surface area contributed by atoms with E-state index in [4.69, 9.17) is 0 Å². The molecule has 0 spiro atoms. The fraction of sp³-hybridized carbons (Fsp3) is 0.316. The smallest absolute Gasteiger partial charge is 0.141 e. The standard InChI is InChI=1S/C19H18O/c20-17(12-13-6-2-1-3-7-13)19-16-11-10-14-8-4-5-9-15(14)18(16)19/h1-9,16,18-19H,10-12H2. The molecule has 2 aliphatic carbocycles. The lowest BCUT2D eigenvalue weighted by atomic mass is 9.92. The quantitative estimate of drug-likeness (QED) is 0.823. The van der Waals surface area contributed by atoms with Crippen molar-refractivity contribution in [3.8, 4) is 0 Å².